The molecule has 0 atom stereocenters. The first-order chi connectivity index (χ1) is 9.60. The standard InChI is InChI=1S/C15H10FNO3/c16-12-5-6-14(11(7-12)9-17)20-13-4-2-1-3-10(13)8-15(18)19/h1-7H,8H2,(H,18,19). The number of nitrogens with zero attached hydrogens (tertiary/aromatic N) is 1. The molecule has 4 nitrogen and oxygen atoms in total. The van der Waals surface area contributed by atoms with E-state index in [1.807, 2.05) is 6.07 Å². The lowest BCUT2D eigenvalue weighted by atomic mass is 10.1. The van der Waals surface area contributed by atoms with Gasteiger partial charge in [0.25, 0.3) is 0 Å². The second kappa shape index (κ2) is 5.85. The van der Waals surface area contributed by atoms with Crippen molar-refractivity contribution in [1.82, 2.24) is 0 Å². The molecule has 100 valence electrons. The van der Waals surface area contributed by atoms with Crippen molar-refractivity contribution in [3.8, 4) is 17.6 Å². The van der Waals surface area contributed by atoms with E-state index in [2.05, 4.69) is 0 Å². The van der Waals surface area contributed by atoms with Crippen LogP contribution in [0.4, 0.5) is 4.39 Å². The third-order valence-electron chi connectivity index (χ3n) is 2.60. The Labute approximate surface area is 114 Å². The lowest BCUT2D eigenvalue weighted by molar-refractivity contribution is -0.136. The number of rotatable bonds is 4. The number of hydrogen-bond donors (Lipinski definition) is 1. The summed E-state index contributed by atoms with van der Waals surface area (Å²) in [5.74, 6) is -1.00. The summed E-state index contributed by atoms with van der Waals surface area (Å²) in [7, 11) is 0. The quantitative estimate of drug-likeness (QED) is 0.927. The third kappa shape index (κ3) is 3.12. The molecule has 2 aromatic carbocycles. The Balaban J connectivity index is 2.36. The lowest BCUT2D eigenvalue weighted by Gasteiger charge is -2.11. The van der Waals surface area contributed by atoms with E-state index in [4.69, 9.17) is 15.1 Å². The van der Waals surface area contributed by atoms with Crippen LogP contribution < -0.4 is 4.74 Å². The number of ether oxygens (including phenoxy) is 1. The van der Waals surface area contributed by atoms with Gasteiger partial charge in [-0.1, -0.05) is 18.2 Å². The average molecular weight is 271 g/mol. The van der Waals surface area contributed by atoms with Crippen LogP contribution in [0.3, 0.4) is 0 Å². The third-order valence-corrected chi connectivity index (χ3v) is 2.60. The van der Waals surface area contributed by atoms with E-state index in [1.54, 1.807) is 24.3 Å². The summed E-state index contributed by atoms with van der Waals surface area (Å²) >= 11 is 0. The SMILES string of the molecule is N#Cc1cc(F)ccc1Oc1ccccc1CC(=O)O. The summed E-state index contributed by atoms with van der Waals surface area (Å²) in [5, 5.41) is 17.8. The van der Waals surface area contributed by atoms with Gasteiger partial charge in [0.2, 0.25) is 0 Å². The van der Waals surface area contributed by atoms with E-state index in [0.29, 0.717) is 11.3 Å². The normalized spacial score (nSPS) is 9.80. The van der Waals surface area contributed by atoms with Crippen molar-refractivity contribution in [2.75, 3.05) is 0 Å². The van der Waals surface area contributed by atoms with E-state index in [0.717, 1.165) is 6.07 Å². The van der Waals surface area contributed by atoms with Gasteiger partial charge in [-0.25, -0.2) is 4.39 Å². The molecule has 1 N–H and O–H groups in total. The van der Waals surface area contributed by atoms with Crippen LogP contribution in [0.25, 0.3) is 0 Å². The molecule has 20 heavy (non-hydrogen) atoms. The molecular formula is C15H10FNO3. The summed E-state index contributed by atoms with van der Waals surface area (Å²) in [5.41, 5.74) is 0.531. The Hall–Kier alpha value is -2.87. The van der Waals surface area contributed by atoms with Gasteiger partial charge in [0.05, 0.1) is 12.0 Å². The molecule has 0 unspecified atom stereocenters. The van der Waals surface area contributed by atoms with Crippen molar-refractivity contribution < 1.29 is 19.0 Å². The van der Waals surface area contributed by atoms with Gasteiger partial charge in [0, 0.05) is 5.56 Å². The first-order valence-corrected chi connectivity index (χ1v) is 5.77. The monoisotopic (exact) mass is 271 g/mol. The van der Waals surface area contributed by atoms with Gasteiger partial charge < -0.3 is 9.84 Å². The number of benzene rings is 2. The summed E-state index contributed by atoms with van der Waals surface area (Å²) in [6.07, 6.45) is -0.195. The number of aliphatic carboxylic acids is 1. The molecule has 0 amide bonds. The fraction of sp³-hybridized carbons (Fsp3) is 0.0667. The maximum Gasteiger partial charge on any atom is 0.307 e. The van der Waals surface area contributed by atoms with Gasteiger partial charge in [-0.3, -0.25) is 4.79 Å². The van der Waals surface area contributed by atoms with Crippen LogP contribution in [0.15, 0.2) is 42.5 Å². The van der Waals surface area contributed by atoms with Gasteiger partial charge in [-0.15, -0.1) is 0 Å². The second-order valence-corrected chi connectivity index (χ2v) is 4.03. The van der Waals surface area contributed by atoms with Crippen molar-refractivity contribution in [2.24, 2.45) is 0 Å². The van der Waals surface area contributed by atoms with Gasteiger partial charge in [-0.05, 0) is 24.3 Å². The highest BCUT2D eigenvalue weighted by molar-refractivity contribution is 5.71. The van der Waals surface area contributed by atoms with Crippen molar-refractivity contribution >= 4 is 5.97 Å². The molecule has 0 saturated heterocycles. The molecule has 0 aliphatic heterocycles. The first-order valence-electron chi connectivity index (χ1n) is 5.77. The summed E-state index contributed by atoms with van der Waals surface area (Å²) in [6.45, 7) is 0. The van der Waals surface area contributed by atoms with Crippen molar-refractivity contribution in [1.29, 1.82) is 5.26 Å². The molecule has 0 spiro atoms. The highest BCUT2D eigenvalue weighted by Gasteiger charge is 2.11. The van der Waals surface area contributed by atoms with Crippen molar-refractivity contribution in [3.05, 3.63) is 59.4 Å². The van der Waals surface area contributed by atoms with Crippen molar-refractivity contribution in [2.45, 2.75) is 6.42 Å². The Kier molecular flexibility index (Phi) is 3.96. The van der Waals surface area contributed by atoms with Crippen LogP contribution in [-0.2, 0) is 11.2 Å². The van der Waals surface area contributed by atoms with E-state index < -0.39 is 11.8 Å². The predicted octanol–water partition coefficient (Wildman–Crippen LogP) is 3.12. The zero-order chi connectivity index (χ0) is 14.5. The minimum absolute atomic E-state index is 0.0510. The Morgan fingerprint density at radius 2 is 2.00 bits per heavy atom. The van der Waals surface area contributed by atoms with E-state index in [1.165, 1.54) is 12.1 Å². The summed E-state index contributed by atoms with van der Waals surface area (Å²) < 4.78 is 18.6. The van der Waals surface area contributed by atoms with Gasteiger partial charge in [-0.2, -0.15) is 5.26 Å². The number of halogens is 1. The molecule has 0 radical (unpaired) electrons. The van der Waals surface area contributed by atoms with Crippen LogP contribution in [0, 0.1) is 17.1 Å². The maximum absolute atomic E-state index is 13.0. The number of carboxylic acids is 1. The summed E-state index contributed by atoms with van der Waals surface area (Å²) in [6, 6.07) is 12.0. The van der Waals surface area contributed by atoms with Gasteiger partial charge in [0.1, 0.15) is 23.4 Å². The number of carbonyl (C=O) groups is 1. The molecule has 0 heterocycles. The van der Waals surface area contributed by atoms with E-state index >= 15 is 0 Å². The molecule has 0 aliphatic rings. The zero-order valence-corrected chi connectivity index (χ0v) is 10.3. The maximum atomic E-state index is 13.0. The molecule has 0 bridgehead atoms. The topological polar surface area (TPSA) is 70.3 Å². The van der Waals surface area contributed by atoms with E-state index in [-0.39, 0.29) is 17.7 Å². The zero-order valence-electron chi connectivity index (χ0n) is 10.3. The van der Waals surface area contributed by atoms with Crippen LogP contribution in [-0.4, -0.2) is 11.1 Å². The largest absolute Gasteiger partial charge is 0.481 e. The van der Waals surface area contributed by atoms with Gasteiger partial charge in [0.15, 0.2) is 0 Å². The Bertz CT molecular complexity index is 692. The molecule has 0 fully saturated rings. The lowest BCUT2D eigenvalue weighted by Crippen LogP contribution is -2.02. The number of nitriles is 1. The van der Waals surface area contributed by atoms with E-state index in [9.17, 15) is 9.18 Å². The highest BCUT2D eigenvalue weighted by atomic mass is 19.1. The fourth-order valence-corrected chi connectivity index (χ4v) is 1.71. The molecule has 2 aromatic rings. The number of hydrogen-bond acceptors (Lipinski definition) is 3. The minimum atomic E-state index is -0.985. The Morgan fingerprint density at radius 3 is 2.70 bits per heavy atom. The van der Waals surface area contributed by atoms with Crippen LogP contribution >= 0.6 is 0 Å². The summed E-state index contributed by atoms with van der Waals surface area (Å²) in [4.78, 5) is 10.8. The fourth-order valence-electron chi connectivity index (χ4n) is 1.71. The first kappa shape index (κ1) is 13.6. The predicted molar refractivity (Wildman–Crippen MR) is 69.0 cm³/mol. The average Bonchev–Trinajstić information content (AvgIpc) is 2.42. The second-order valence-electron chi connectivity index (χ2n) is 4.03. The number of carboxylic acid groups (broad SMARTS) is 1. The van der Waals surface area contributed by atoms with Crippen molar-refractivity contribution in [3.63, 3.8) is 0 Å². The molecular weight excluding hydrogens is 261 g/mol. The Morgan fingerprint density at radius 1 is 1.25 bits per heavy atom. The molecule has 2 rings (SSSR count). The smallest absolute Gasteiger partial charge is 0.307 e. The molecule has 0 aliphatic carbocycles. The number of para-hydroxylation sites is 1. The molecule has 0 aromatic heterocycles. The van der Waals surface area contributed by atoms with Crippen LogP contribution in [0.1, 0.15) is 11.1 Å². The van der Waals surface area contributed by atoms with Crippen LogP contribution in [0.5, 0.6) is 11.5 Å². The molecule has 5 heteroatoms. The minimum Gasteiger partial charge on any atom is -0.481 e. The van der Waals surface area contributed by atoms with Crippen LogP contribution in [0.2, 0.25) is 0 Å². The highest BCUT2D eigenvalue weighted by Crippen LogP contribution is 2.28. The van der Waals surface area contributed by atoms with Gasteiger partial charge >= 0.3 is 5.97 Å². The molecule has 0 saturated carbocycles.